The van der Waals surface area contributed by atoms with Crippen LogP contribution in [0, 0.1) is 0 Å². The fourth-order valence-corrected chi connectivity index (χ4v) is 1.10. The molecule has 0 radical (unpaired) electrons. The lowest BCUT2D eigenvalue weighted by Gasteiger charge is -1.99. The molecule has 0 aliphatic carbocycles. The van der Waals surface area contributed by atoms with E-state index in [0.717, 1.165) is 24.6 Å². The molecule has 2 aromatic rings. The Kier molecular flexibility index (Phi) is 2.87. The molecule has 0 unspecified atom stereocenters. The number of nitrogens with one attached hydrogen (secondary N) is 2. The van der Waals surface area contributed by atoms with Crippen LogP contribution in [0.2, 0.25) is 0 Å². The normalized spacial score (nSPS) is 10.6. The van der Waals surface area contributed by atoms with Gasteiger partial charge in [0.1, 0.15) is 17.9 Å². The van der Waals surface area contributed by atoms with E-state index in [4.69, 9.17) is 4.42 Å². The maximum atomic E-state index is 5.06. The van der Waals surface area contributed by atoms with Crippen molar-refractivity contribution in [2.45, 2.75) is 13.0 Å². The first-order valence-corrected chi connectivity index (χ1v) is 4.37. The molecule has 0 amide bonds. The van der Waals surface area contributed by atoms with Crippen molar-refractivity contribution in [1.82, 2.24) is 25.5 Å². The highest BCUT2D eigenvalue weighted by Crippen LogP contribution is 1.94. The summed E-state index contributed by atoms with van der Waals surface area (Å²) in [6, 6.07) is 0. The molecular weight excluding hydrogens is 182 g/mol. The quantitative estimate of drug-likeness (QED) is 0.659. The zero-order chi connectivity index (χ0) is 9.64. The Morgan fingerprint density at radius 3 is 3.21 bits per heavy atom. The first kappa shape index (κ1) is 8.89. The van der Waals surface area contributed by atoms with Gasteiger partial charge in [-0.05, 0) is 0 Å². The zero-order valence-electron chi connectivity index (χ0n) is 7.60. The Morgan fingerprint density at radius 1 is 1.50 bits per heavy atom. The molecule has 0 atom stereocenters. The summed E-state index contributed by atoms with van der Waals surface area (Å²) < 4.78 is 5.06. The molecule has 0 saturated carbocycles. The van der Waals surface area contributed by atoms with E-state index >= 15 is 0 Å². The minimum absolute atomic E-state index is 0.689. The third kappa shape index (κ3) is 2.40. The van der Waals surface area contributed by atoms with Gasteiger partial charge in [0.2, 0.25) is 0 Å². The smallest absolute Gasteiger partial charge is 0.180 e. The van der Waals surface area contributed by atoms with Gasteiger partial charge in [0.05, 0.1) is 12.7 Å². The number of aromatic amines is 1. The molecule has 0 spiro atoms. The number of aromatic nitrogens is 4. The number of hydrogen-bond donors (Lipinski definition) is 2. The molecule has 2 heterocycles. The van der Waals surface area contributed by atoms with E-state index in [1.807, 2.05) is 0 Å². The predicted octanol–water partition coefficient (Wildman–Crippen LogP) is 0.125. The van der Waals surface area contributed by atoms with Gasteiger partial charge >= 0.3 is 0 Å². The van der Waals surface area contributed by atoms with E-state index in [-0.39, 0.29) is 0 Å². The summed E-state index contributed by atoms with van der Waals surface area (Å²) in [7, 11) is 0. The predicted molar refractivity (Wildman–Crippen MR) is 48.3 cm³/mol. The molecule has 74 valence electrons. The molecule has 0 bridgehead atoms. The maximum absolute atomic E-state index is 5.06. The van der Waals surface area contributed by atoms with Gasteiger partial charge < -0.3 is 9.73 Å². The van der Waals surface area contributed by atoms with E-state index in [9.17, 15) is 0 Å². The van der Waals surface area contributed by atoms with Crippen molar-refractivity contribution < 1.29 is 4.42 Å². The first-order valence-electron chi connectivity index (χ1n) is 4.37. The van der Waals surface area contributed by atoms with Crippen LogP contribution < -0.4 is 5.32 Å². The fourth-order valence-electron chi connectivity index (χ4n) is 1.10. The minimum atomic E-state index is 0.689. The van der Waals surface area contributed by atoms with Crippen LogP contribution >= 0.6 is 0 Å². The average molecular weight is 193 g/mol. The summed E-state index contributed by atoms with van der Waals surface area (Å²) in [6.45, 7) is 1.52. The molecule has 0 fully saturated rings. The van der Waals surface area contributed by atoms with Gasteiger partial charge in [-0.15, -0.1) is 0 Å². The summed E-state index contributed by atoms with van der Waals surface area (Å²) in [5.74, 6) is 1.72. The zero-order valence-corrected chi connectivity index (χ0v) is 7.60. The Morgan fingerprint density at radius 2 is 2.50 bits per heavy atom. The lowest BCUT2D eigenvalue weighted by atomic mass is 10.4. The number of oxazole rings is 1. The highest BCUT2D eigenvalue weighted by Gasteiger charge is 1.97. The van der Waals surface area contributed by atoms with Gasteiger partial charge in [0.25, 0.3) is 0 Å². The van der Waals surface area contributed by atoms with Gasteiger partial charge in [0.15, 0.2) is 6.39 Å². The lowest BCUT2D eigenvalue weighted by Crippen LogP contribution is -2.16. The van der Waals surface area contributed by atoms with Crippen molar-refractivity contribution in [3.05, 3.63) is 30.5 Å². The molecular formula is C8H11N5O. The largest absolute Gasteiger partial charge is 0.447 e. The first-order chi connectivity index (χ1) is 6.95. The molecule has 0 aliphatic rings. The Hall–Kier alpha value is -1.69. The van der Waals surface area contributed by atoms with Crippen LogP contribution in [0.25, 0.3) is 0 Å². The van der Waals surface area contributed by atoms with E-state index in [1.54, 1.807) is 6.20 Å². The van der Waals surface area contributed by atoms with Crippen LogP contribution in [0.3, 0.4) is 0 Å². The second kappa shape index (κ2) is 4.52. The number of H-pyrrole nitrogens is 1. The van der Waals surface area contributed by atoms with E-state index in [1.165, 1.54) is 12.7 Å². The van der Waals surface area contributed by atoms with Crippen molar-refractivity contribution in [3.8, 4) is 0 Å². The Labute approximate surface area is 80.8 Å². The van der Waals surface area contributed by atoms with Gasteiger partial charge in [-0.3, -0.25) is 5.10 Å². The topological polar surface area (TPSA) is 79.6 Å². The summed E-state index contributed by atoms with van der Waals surface area (Å²) >= 11 is 0. The second-order valence-electron chi connectivity index (χ2n) is 2.83. The van der Waals surface area contributed by atoms with Gasteiger partial charge in [0, 0.05) is 13.0 Å². The van der Waals surface area contributed by atoms with Crippen LogP contribution in [-0.4, -0.2) is 26.7 Å². The van der Waals surface area contributed by atoms with E-state index in [2.05, 4.69) is 25.5 Å². The molecule has 6 nitrogen and oxygen atoms in total. The second-order valence-corrected chi connectivity index (χ2v) is 2.83. The number of rotatable bonds is 5. The molecule has 0 saturated heterocycles. The van der Waals surface area contributed by atoms with Gasteiger partial charge in [-0.1, -0.05) is 0 Å². The SMILES string of the molecule is c1n[nH]c(CCNCc2cnco2)n1. The van der Waals surface area contributed by atoms with Crippen molar-refractivity contribution in [1.29, 1.82) is 0 Å². The Balaban J connectivity index is 1.65. The molecule has 2 N–H and O–H groups in total. The maximum Gasteiger partial charge on any atom is 0.180 e. The molecule has 0 aliphatic heterocycles. The lowest BCUT2D eigenvalue weighted by molar-refractivity contribution is 0.479. The van der Waals surface area contributed by atoms with E-state index < -0.39 is 0 Å². The highest BCUT2D eigenvalue weighted by atomic mass is 16.3. The van der Waals surface area contributed by atoms with Crippen molar-refractivity contribution in [2.24, 2.45) is 0 Å². The molecule has 14 heavy (non-hydrogen) atoms. The highest BCUT2D eigenvalue weighted by molar-refractivity contribution is 4.88. The van der Waals surface area contributed by atoms with Crippen molar-refractivity contribution in [2.75, 3.05) is 6.54 Å². The van der Waals surface area contributed by atoms with Gasteiger partial charge in [-0.2, -0.15) is 5.10 Å². The molecule has 6 heteroatoms. The van der Waals surface area contributed by atoms with E-state index in [0.29, 0.717) is 6.54 Å². The molecule has 2 aromatic heterocycles. The summed E-state index contributed by atoms with van der Waals surface area (Å²) in [5.41, 5.74) is 0. The molecule has 2 rings (SSSR count). The minimum Gasteiger partial charge on any atom is -0.447 e. The van der Waals surface area contributed by atoms with Crippen LogP contribution in [-0.2, 0) is 13.0 Å². The summed E-state index contributed by atoms with van der Waals surface area (Å²) in [6.07, 6.45) is 5.45. The molecule has 0 aromatic carbocycles. The third-order valence-electron chi connectivity index (χ3n) is 1.79. The van der Waals surface area contributed by atoms with Crippen LogP contribution in [0.4, 0.5) is 0 Å². The van der Waals surface area contributed by atoms with Crippen LogP contribution in [0.5, 0.6) is 0 Å². The van der Waals surface area contributed by atoms with Crippen LogP contribution in [0.1, 0.15) is 11.6 Å². The summed E-state index contributed by atoms with van der Waals surface area (Å²) in [5, 5.41) is 9.76. The number of hydrogen-bond acceptors (Lipinski definition) is 5. The fraction of sp³-hybridized carbons (Fsp3) is 0.375. The van der Waals surface area contributed by atoms with Crippen molar-refractivity contribution >= 4 is 0 Å². The monoisotopic (exact) mass is 193 g/mol. The third-order valence-corrected chi connectivity index (χ3v) is 1.79. The standard InChI is InChI=1S/C8H11N5O/c1(8-11-5-12-13-8)2-9-3-7-4-10-6-14-7/h4-6,9H,1-3H2,(H,11,12,13). The summed E-state index contributed by atoms with van der Waals surface area (Å²) in [4.78, 5) is 7.82. The van der Waals surface area contributed by atoms with Crippen molar-refractivity contribution in [3.63, 3.8) is 0 Å². The number of nitrogens with zero attached hydrogens (tertiary/aromatic N) is 3. The van der Waals surface area contributed by atoms with Gasteiger partial charge in [-0.25, -0.2) is 9.97 Å². The average Bonchev–Trinajstić information content (AvgIpc) is 2.86. The Bertz CT molecular complexity index is 305. The van der Waals surface area contributed by atoms with Crippen LogP contribution in [0.15, 0.2) is 23.3 Å².